The first-order chi connectivity index (χ1) is 15.9. The maximum absolute atomic E-state index is 12.3. The van der Waals surface area contributed by atoms with Crippen LogP contribution in [0.15, 0.2) is 58.3 Å². The highest BCUT2D eigenvalue weighted by atomic mass is 32.2. The second kappa shape index (κ2) is 12.0. The Hall–Kier alpha value is -3.37. The summed E-state index contributed by atoms with van der Waals surface area (Å²) in [7, 11) is 1.60. The van der Waals surface area contributed by atoms with Gasteiger partial charge in [0.25, 0.3) is 0 Å². The number of para-hydroxylation sites is 1. The fourth-order valence-corrected chi connectivity index (χ4v) is 4.55. The third-order valence-corrected chi connectivity index (χ3v) is 6.40. The minimum absolute atomic E-state index is 0.139. The van der Waals surface area contributed by atoms with Gasteiger partial charge in [-0.3, -0.25) is 14.4 Å². The number of carbonyl (C=O) groups is 3. The first kappa shape index (κ1) is 24.3. The van der Waals surface area contributed by atoms with Crippen LogP contribution >= 0.6 is 23.1 Å². The largest absolute Gasteiger partial charge is 0.496 e. The van der Waals surface area contributed by atoms with Crippen molar-refractivity contribution in [2.75, 3.05) is 23.5 Å². The number of amides is 3. The topological polar surface area (TPSA) is 109 Å². The summed E-state index contributed by atoms with van der Waals surface area (Å²) < 4.78 is 6.00. The minimum Gasteiger partial charge on any atom is -0.496 e. The van der Waals surface area contributed by atoms with E-state index in [1.54, 1.807) is 31.4 Å². The van der Waals surface area contributed by atoms with Crippen molar-refractivity contribution < 1.29 is 19.1 Å². The molecular weight excluding hydrogens is 460 g/mol. The predicted molar refractivity (Wildman–Crippen MR) is 131 cm³/mol. The number of hydrogen-bond donors (Lipinski definition) is 3. The van der Waals surface area contributed by atoms with Gasteiger partial charge in [-0.25, -0.2) is 4.98 Å². The van der Waals surface area contributed by atoms with Crippen LogP contribution in [0.2, 0.25) is 0 Å². The number of thiazole rings is 1. The summed E-state index contributed by atoms with van der Waals surface area (Å²) in [5.74, 6) is 0.398. The van der Waals surface area contributed by atoms with E-state index in [0.29, 0.717) is 28.0 Å². The van der Waals surface area contributed by atoms with Crippen LogP contribution in [0.25, 0.3) is 0 Å². The Morgan fingerprint density at radius 3 is 2.55 bits per heavy atom. The van der Waals surface area contributed by atoms with E-state index < -0.39 is 0 Å². The number of hydrogen-bond acceptors (Lipinski definition) is 7. The number of nitrogens with zero attached hydrogens (tertiary/aromatic N) is 1. The molecule has 0 fully saturated rings. The number of anilines is 2. The van der Waals surface area contributed by atoms with Crippen molar-refractivity contribution in [3.05, 3.63) is 65.2 Å². The fourth-order valence-electron chi connectivity index (χ4n) is 2.91. The number of methoxy groups -OCH3 is 1. The first-order valence-electron chi connectivity index (χ1n) is 10.1. The van der Waals surface area contributed by atoms with Gasteiger partial charge in [0.1, 0.15) is 5.75 Å². The van der Waals surface area contributed by atoms with E-state index in [2.05, 4.69) is 20.9 Å². The van der Waals surface area contributed by atoms with E-state index in [1.165, 1.54) is 30.0 Å². The van der Waals surface area contributed by atoms with E-state index in [0.717, 1.165) is 11.3 Å². The Bertz CT molecular complexity index is 1130. The number of nitrogens with one attached hydrogen (secondary N) is 3. The molecule has 3 amide bonds. The van der Waals surface area contributed by atoms with E-state index in [1.807, 2.05) is 29.6 Å². The summed E-state index contributed by atoms with van der Waals surface area (Å²) in [5.41, 5.74) is 2.76. The number of rotatable bonds is 10. The molecule has 0 atom stereocenters. The molecule has 0 radical (unpaired) electrons. The molecule has 0 bridgehead atoms. The van der Waals surface area contributed by atoms with Crippen molar-refractivity contribution >= 4 is 52.2 Å². The summed E-state index contributed by atoms with van der Waals surface area (Å²) in [5, 5.41) is 10.2. The highest BCUT2D eigenvalue weighted by molar-refractivity contribution is 8.01. The zero-order valence-electron chi connectivity index (χ0n) is 18.2. The molecule has 0 spiro atoms. The average molecular weight is 485 g/mol. The zero-order chi connectivity index (χ0) is 23.6. The van der Waals surface area contributed by atoms with Crippen LogP contribution in [-0.4, -0.2) is 35.6 Å². The van der Waals surface area contributed by atoms with Gasteiger partial charge in [-0.2, -0.15) is 0 Å². The lowest BCUT2D eigenvalue weighted by molar-refractivity contribution is -0.120. The van der Waals surface area contributed by atoms with Crippen molar-refractivity contribution in [2.24, 2.45) is 0 Å². The third kappa shape index (κ3) is 7.92. The van der Waals surface area contributed by atoms with Gasteiger partial charge in [-0.05, 0) is 24.3 Å². The molecule has 0 aliphatic heterocycles. The maximum atomic E-state index is 12.3. The Morgan fingerprint density at radius 1 is 1.03 bits per heavy atom. The molecule has 1 heterocycles. The number of aromatic nitrogens is 1. The molecule has 8 nitrogen and oxygen atoms in total. The Labute approximate surface area is 200 Å². The molecule has 3 rings (SSSR count). The molecule has 33 heavy (non-hydrogen) atoms. The molecule has 10 heteroatoms. The smallest absolute Gasteiger partial charge is 0.234 e. The molecule has 172 valence electrons. The van der Waals surface area contributed by atoms with Crippen LogP contribution in [0.3, 0.4) is 0 Å². The van der Waals surface area contributed by atoms with Crippen molar-refractivity contribution in [1.29, 1.82) is 0 Å². The predicted octanol–water partition coefficient (Wildman–Crippen LogP) is 3.70. The van der Waals surface area contributed by atoms with Gasteiger partial charge in [0.15, 0.2) is 4.34 Å². The molecule has 0 unspecified atom stereocenters. The summed E-state index contributed by atoms with van der Waals surface area (Å²) in [6, 6.07) is 14.5. The molecule has 3 N–H and O–H groups in total. The van der Waals surface area contributed by atoms with Crippen LogP contribution in [-0.2, 0) is 27.3 Å². The molecular formula is C23H24N4O4S2. The summed E-state index contributed by atoms with van der Waals surface area (Å²) in [6.07, 6.45) is 0.161. The van der Waals surface area contributed by atoms with Crippen LogP contribution < -0.4 is 20.7 Å². The van der Waals surface area contributed by atoms with Crippen molar-refractivity contribution in [2.45, 2.75) is 24.2 Å². The van der Waals surface area contributed by atoms with E-state index in [-0.39, 0.29) is 29.9 Å². The Morgan fingerprint density at radius 2 is 1.79 bits per heavy atom. The Kier molecular flexibility index (Phi) is 8.85. The lowest BCUT2D eigenvalue weighted by atomic mass is 10.2. The number of ether oxygens (including phenoxy) is 1. The first-order valence-corrected chi connectivity index (χ1v) is 11.9. The molecule has 0 aliphatic rings. The number of carbonyl (C=O) groups excluding carboxylic acids is 3. The lowest BCUT2D eigenvalue weighted by Gasteiger charge is -2.09. The van der Waals surface area contributed by atoms with Crippen molar-refractivity contribution in [3.8, 4) is 5.75 Å². The Balaban J connectivity index is 1.44. The third-order valence-electron chi connectivity index (χ3n) is 4.33. The van der Waals surface area contributed by atoms with E-state index >= 15 is 0 Å². The highest BCUT2D eigenvalue weighted by Crippen LogP contribution is 2.24. The SMILES string of the molecule is COc1ccccc1CNC(=O)Cc1csc(SCC(=O)Nc2cccc(NC(C)=O)c2)n1. The average Bonchev–Trinajstić information content (AvgIpc) is 3.23. The van der Waals surface area contributed by atoms with E-state index in [4.69, 9.17) is 4.74 Å². The van der Waals surface area contributed by atoms with Gasteiger partial charge in [0.05, 0.1) is 25.0 Å². The second-order valence-corrected chi connectivity index (χ2v) is 9.05. The van der Waals surface area contributed by atoms with Crippen LogP contribution in [0.5, 0.6) is 5.75 Å². The highest BCUT2D eigenvalue weighted by Gasteiger charge is 2.11. The number of thioether (sulfide) groups is 1. The molecule has 1 aromatic heterocycles. The minimum atomic E-state index is -0.189. The van der Waals surface area contributed by atoms with Gasteiger partial charge in [0.2, 0.25) is 17.7 Å². The molecule has 0 aliphatic carbocycles. The summed E-state index contributed by atoms with van der Waals surface area (Å²) in [4.78, 5) is 40.1. The molecule has 0 saturated heterocycles. The summed E-state index contributed by atoms with van der Waals surface area (Å²) in [6.45, 7) is 1.80. The quantitative estimate of drug-likeness (QED) is 0.379. The standard InChI is InChI=1S/C23H24N4O4S2/c1-15(28)25-17-7-5-8-18(10-17)26-22(30)14-33-23-27-19(13-32-23)11-21(29)24-12-16-6-3-4-9-20(16)31-2/h3-10,13H,11-12,14H2,1-2H3,(H,24,29)(H,25,28)(H,26,30). The molecule has 2 aromatic carbocycles. The zero-order valence-corrected chi connectivity index (χ0v) is 19.8. The van der Waals surface area contributed by atoms with Gasteiger partial charge in [-0.15, -0.1) is 11.3 Å². The second-order valence-electron chi connectivity index (χ2n) is 6.97. The fraction of sp³-hybridized carbons (Fsp3) is 0.217. The van der Waals surface area contributed by atoms with Crippen LogP contribution in [0, 0.1) is 0 Å². The molecule has 0 saturated carbocycles. The normalized spacial score (nSPS) is 10.4. The van der Waals surface area contributed by atoms with Gasteiger partial charge < -0.3 is 20.7 Å². The maximum Gasteiger partial charge on any atom is 0.234 e. The van der Waals surface area contributed by atoms with Crippen LogP contribution in [0.1, 0.15) is 18.2 Å². The lowest BCUT2D eigenvalue weighted by Crippen LogP contribution is -2.24. The van der Waals surface area contributed by atoms with Gasteiger partial charge in [0, 0.05) is 35.8 Å². The molecule has 3 aromatic rings. The van der Waals surface area contributed by atoms with E-state index in [9.17, 15) is 14.4 Å². The number of benzene rings is 2. The van der Waals surface area contributed by atoms with Crippen molar-refractivity contribution in [1.82, 2.24) is 10.3 Å². The van der Waals surface area contributed by atoms with Gasteiger partial charge >= 0.3 is 0 Å². The summed E-state index contributed by atoms with van der Waals surface area (Å²) >= 11 is 2.70. The monoisotopic (exact) mass is 484 g/mol. The van der Waals surface area contributed by atoms with Gasteiger partial charge in [-0.1, -0.05) is 36.0 Å². The van der Waals surface area contributed by atoms with Crippen LogP contribution in [0.4, 0.5) is 11.4 Å². The van der Waals surface area contributed by atoms with Crippen molar-refractivity contribution in [3.63, 3.8) is 0 Å².